The van der Waals surface area contributed by atoms with Crippen molar-refractivity contribution in [2.75, 3.05) is 6.61 Å². The summed E-state index contributed by atoms with van der Waals surface area (Å²) in [5, 5.41) is 10.7. The molecule has 1 aromatic carbocycles. The summed E-state index contributed by atoms with van der Waals surface area (Å²) in [5.74, 6) is 0. The lowest BCUT2D eigenvalue weighted by Crippen LogP contribution is -2.11. The van der Waals surface area contributed by atoms with E-state index < -0.39 is 0 Å². The molecule has 2 rings (SSSR count). The molecule has 0 aliphatic carbocycles. The quantitative estimate of drug-likeness (QED) is 0.862. The molecule has 16 heavy (non-hydrogen) atoms. The average Bonchev–Trinajstić information content (AvgIpc) is 2.56. The second-order valence-electron chi connectivity index (χ2n) is 3.98. The number of benzene rings is 1. The fourth-order valence-electron chi connectivity index (χ4n) is 1.98. The minimum atomic E-state index is -0.130. The van der Waals surface area contributed by atoms with Gasteiger partial charge in [0, 0.05) is 41.8 Å². The molecular weight excluding hydrogens is 224 g/mol. The number of hydrogen-bond acceptors (Lipinski definition) is 2. The number of nitrogens with zero attached hydrogens (tertiary/aromatic N) is 1. The van der Waals surface area contributed by atoms with Gasteiger partial charge in [-0.1, -0.05) is 17.7 Å². The normalized spacial score (nSPS) is 13.2. The number of aliphatic hydroxyl groups excluding tert-OH is 1. The summed E-state index contributed by atoms with van der Waals surface area (Å²) in [6.45, 7) is 0.102. The van der Waals surface area contributed by atoms with Crippen molar-refractivity contribution < 1.29 is 5.11 Å². The molecular formula is C12H15ClN2O. The zero-order valence-corrected chi connectivity index (χ0v) is 9.91. The Hall–Kier alpha value is -1.03. The van der Waals surface area contributed by atoms with Crippen molar-refractivity contribution in [1.29, 1.82) is 0 Å². The highest BCUT2D eigenvalue weighted by Crippen LogP contribution is 2.28. The van der Waals surface area contributed by atoms with Crippen LogP contribution in [0.1, 0.15) is 18.0 Å². The first-order chi connectivity index (χ1) is 7.63. The SMILES string of the molecule is Cn1cc(C(N)CCO)c2ccc(Cl)cc21. The van der Waals surface area contributed by atoms with E-state index >= 15 is 0 Å². The fourth-order valence-corrected chi connectivity index (χ4v) is 2.14. The van der Waals surface area contributed by atoms with Crippen LogP contribution in [0.25, 0.3) is 10.9 Å². The van der Waals surface area contributed by atoms with Crippen molar-refractivity contribution in [3.63, 3.8) is 0 Å². The molecule has 1 unspecified atom stereocenters. The minimum Gasteiger partial charge on any atom is -0.396 e. The van der Waals surface area contributed by atoms with Crippen LogP contribution in [0.5, 0.6) is 0 Å². The van der Waals surface area contributed by atoms with E-state index in [1.54, 1.807) is 0 Å². The Morgan fingerprint density at radius 2 is 2.25 bits per heavy atom. The van der Waals surface area contributed by atoms with Crippen LogP contribution in [0.4, 0.5) is 0 Å². The molecule has 4 heteroatoms. The fraction of sp³-hybridized carbons (Fsp3) is 0.333. The Labute approximate surface area is 99.4 Å². The number of hydrogen-bond donors (Lipinski definition) is 2. The third-order valence-corrected chi connectivity index (χ3v) is 3.06. The van der Waals surface area contributed by atoms with Gasteiger partial charge in [0.25, 0.3) is 0 Å². The predicted molar refractivity (Wildman–Crippen MR) is 66.6 cm³/mol. The predicted octanol–water partition coefficient (Wildman–Crippen LogP) is 2.21. The molecule has 86 valence electrons. The maximum Gasteiger partial charge on any atom is 0.0496 e. The van der Waals surface area contributed by atoms with Crippen LogP contribution in [-0.4, -0.2) is 16.3 Å². The van der Waals surface area contributed by atoms with Gasteiger partial charge in [-0.2, -0.15) is 0 Å². The van der Waals surface area contributed by atoms with Crippen LogP contribution in [-0.2, 0) is 7.05 Å². The van der Waals surface area contributed by atoms with Gasteiger partial charge >= 0.3 is 0 Å². The number of aryl methyl sites for hydroxylation is 1. The second-order valence-corrected chi connectivity index (χ2v) is 4.41. The van der Waals surface area contributed by atoms with Crippen LogP contribution in [0, 0.1) is 0 Å². The van der Waals surface area contributed by atoms with Crippen molar-refractivity contribution in [2.45, 2.75) is 12.5 Å². The van der Waals surface area contributed by atoms with Crippen LogP contribution in [0.3, 0.4) is 0 Å². The third-order valence-electron chi connectivity index (χ3n) is 2.82. The second kappa shape index (κ2) is 4.45. The Bertz CT molecular complexity index is 507. The molecule has 0 fully saturated rings. The van der Waals surface area contributed by atoms with Gasteiger partial charge in [0.05, 0.1) is 0 Å². The molecule has 0 radical (unpaired) electrons. The Morgan fingerprint density at radius 1 is 1.50 bits per heavy atom. The molecule has 0 saturated carbocycles. The number of halogens is 1. The average molecular weight is 239 g/mol. The molecule has 0 saturated heterocycles. The highest BCUT2D eigenvalue weighted by atomic mass is 35.5. The Balaban J connectivity index is 2.55. The summed E-state index contributed by atoms with van der Waals surface area (Å²) in [6.07, 6.45) is 2.57. The summed E-state index contributed by atoms with van der Waals surface area (Å²) >= 11 is 5.96. The maximum atomic E-state index is 8.91. The first-order valence-electron chi connectivity index (χ1n) is 5.24. The number of fused-ring (bicyclic) bond motifs is 1. The van der Waals surface area contributed by atoms with E-state index in [2.05, 4.69) is 0 Å². The van der Waals surface area contributed by atoms with Crippen molar-refractivity contribution in [3.8, 4) is 0 Å². The van der Waals surface area contributed by atoms with Gasteiger partial charge in [0.15, 0.2) is 0 Å². The van der Waals surface area contributed by atoms with Gasteiger partial charge in [-0.15, -0.1) is 0 Å². The molecule has 1 atom stereocenters. The zero-order valence-electron chi connectivity index (χ0n) is 9.15. The molecule has 0 amide bonds. The standard InChI is InChI=1S/C12H15ClN2O/c1-15-7-10(11(14)4-5-16)9-3-2-8(13)6-12(9)15/h2-3,6-7,11,16H,4-5,14H2,1H3. The van der Waals surface area contributed by atoms with Gasteiger partial charge in [-0.3, -0.25) is 0 Å². The minimum absolute atomic E-state index is 0.102. The van der Waals surface area contributed by atoms with E-state index in [4.69, 9.17) is 22.4 Å². The van der Waals surface area contributed by atoms with Gasteiger partial charge in [0.2, 0.25) is 0 Å². The van der Waals surface area contributed by atoms with Gasteiger partial charge in [0.1, 0.15) is 0 Å². The van der Waals surface area contributed by atoms with Gasteiger partial charge < -0.3 is 15.4 Å². The summed E-state index contributed by atoms with van der Waals surface area (Å²) in [5.41, 5.74) is 8.14. The van der Waals surface area contributed by atoms with Crippen LogP contribution < -0.4 is 5.73 Å². The lowest BCUT2D eigenvalue weighted by molar-refractivity contribution is 0.277. The van der Waals surface area contributed by atoms with Crippen LogP contribution in [0.15, 0.2) is 24.4 Å². The largest absolute Gasteiger partial charge is 0.396 e. The molecule has 0 spiro atoms. The van der Waals surface area contributed by atoms with Gasteiger partial charge in [-0.05, 0) is 24.1 Å². The molecule has 1 aromatic heterocycles. The number of aliphatic hydroxyl groups is 1. The maximum absolute atomic E-state index is 8.91. The Morgan fingerprint density at radius 3 is 2.94 bits per heavy atom. The van der Waals surface area contributed by atoms with Gasteiger partial charge in [-0.25, -0.2) is 0 Å². The molecule has 0 aliphatic rings. The molecule has 3 N–H and O–H groups in total. The summed E-state index contributed by atoms with van der Waals surface area (Å²) < 4.78 is 2.01. The first kappa shape index (κ1) is 11.5. The van der Waals surface area contributed by atoms with E-state index in [1.807, 2.05) is 36.0 Å². The van der Waals surface area contributed by atoms with E-state index in [-0.39, 0.29) is 12.6 Å². The summed E-state index contributed by atoms with van der Waals surface area (Å²) in [7, 11) is 1.97. The summed E-state index contributed by atoms with van der Waals surface area (Å²) in [6, 6.07) is 5.63. The van der Waals surface area contributed by atoms with Crippen LogP contribution in [0.2, 0.25) is 5.02 Å². The number of nitrogens with two attached hydrogens (primary N) is 1. The number of aromatic nitrogens is 1. The molecule has 3 nitrogen and oxygen atoms in total. The van der Waals surface area contributed by atoms with Crippen molar-refractivity contribution in [3.05, 3.63) is 35.0 Å². The third kappa shape index (κ3) is 1.94. The number of rotatable bonds is 3. The van der Waals surface area contributed by atoms with E-state index in [0.29, 0.717) is 6.42 Å². The molecule has 0 aliphatic heterocycles. The Kier molecular flexibility index (Phi) is 3.19. The smallest absolute Gasteiger partial charge is 0.0496 e. The summed E-state index contributed by atoms with van der Waals surface area (Å²) in [4.78, 5) is 0. The highest BCUT2D eigenvalue weighted by Gasteiger charge is 2.13. The molecule has 1 heterocycles. The highest BCUT2D eigenvalue weighted by molar-refractivity contribution is 6.31. The van der Waals surface area contributed by atoms with Crippen LogP contribution >= 0.6 is 11.6 Å². The van der Waals surface area contributed by atoms with E-state index in [1.165, 1.54) is 0 Å². The monoisotopic (exact) mass is 238 g/mol. The zero-order chi connectivity index (χ0) is 11.7. The first-order valence-corrected chi connectivity index (χ1v) is 5.62. The van der Waals surface area contributed by atoms with E-state index in [0.717, 1.165) is 21.5 Å². The van der Waals surface area contributed by atoms with E-state index in [9.17, 15) is 0 Å². The van der Waals surface area contributed by atoms with Crippen molar-refractivity contribution in [2.24, 2.45) is 12.8 Å². The lowest BCUT2D eigenvalue weighted by Gasteiger charge is -2.08. The van der Waals surface area contributed by atoms with Crippen molar-refractivity contribution in [1.82, 2.24) is 4.57 Å². The lowest BCUT2D eigenvalue weighted by atomic mass is 10.0. The molecule has 2 aromatic rings. The molecule has 0 bridgehead atoms. The van der Waals surface area contributed by atoms with Crippen molar-refractivity contribution >= 4 is 22.5 Å². The topological polar surface area (TPSA) is 51.2 Å².